The van der Waals surface area contributed by atoms with Crippen LogP contribution in [-0.4, -0.2) is 31.6 Å². The second-order valence-electron chi connectivity index (χ2n) is 14.6. The Morgan fingerprint density at radius 1 is 1.14 bits per heavy atom. The molecule has 3 aliphatic rings. The van der Waals surface area contributed by atoms with Gasteiger partial charge in [0.2, 0.25) is 0 Å². The molecule has 0 bridgehead atoms. The molecule has 4 nitrogen and oxygen atoms in total. The third-order valence-corrected chi connectivity index (χ3v) is 14.7. The van der Waals surface area contributed by atoms with E-state index in [1.54, 1.807) is 0 Å². The van der Waals surface area contributed by atoms with Crippen molar-refractivity contribution >= 4 is 13.9 Å². The number of aliphatic hydroxyl groups is 1. The zero-order valence-corrected chi connectivity index (χ0v) is 27.4. The van der Waals surface area contributed by atoms with Crippen LogP contribution < -0.4 is 0 Å². The molecule has 43 heavy (non-hydrogen) atoms. The number of nitrogens with zero attached hydrogens (tertiary/aromatic N) is 1. The lowest BCUT2D eigenvalue weighted by Gasteiger charge is -2.51. The minimum absolute atomic E-state index is 0.0352. The van der Waals surface area contributed by atoms with E-state index in [-0.39, 0.29) is 28.0 Å². The van der Waals surface area contributed by atoms with E-state index in [2.05, 4.69) is 33.9 Å². The highest BCUT2D eigenvalue weighted by molar-refractivity contribution is 6.74. The maximum absolute atomic E-state index is 15.4. The molecule has 0 saturated heterocycles. The largest absolute Gasteiger partial charge is 0.416 e. The summed E-state index contributed by atoms with van der Waals surface area (Å²) in [5.74, 6) is -1.21. The van der Waals surface area contributed by atoms with E-state index in [9.17, 15) is 18.3 Å². The number of aliphatic hydroxyl groups excluding tert-OH is 1. The number of aromatic nitrogens is 1. The zero-order chi connectivity index (χ0) is 31.5. The Labute approximate surface area is 254 Å². The van der Waals surface area contributed by atoms with Crippen molar-refractivity contribution in [1.82, 2.24) is 4.98 Å². The highest BCUT2D eigenvalue weighted by Crippen LogP contribution is 2.57. The van der Waals surface area contributed by atoms with Gasteiger partial charge in [0.15, 0.2) is 8.32 Å². The molecule has 9 heteroatoms. The minimum atomic E-state index is -4.69. The number of fused-ring (bicyclic) bond motifs is 1. The summed E-state index contributed by atoms with van der Waals surface area (Å²) in [5.41, 5.74) is 3.70. The Bertz CT molecular complexity index is 1410. The van der Waals surface area contributed by atoms with Gasteiger partial charge in [-0.25, -0.2) is 4.39 Å². The fraction of sp³-hybridized carbons (Fsp3) is 0.618. The Morgan fingerprint density at radius 3 is 2.35 bits per heavy atom. The predicted octanol–water partition coefficient (Wildman–Crippen LogP) is 9.43. The van der Waals surface area contributed by atoms with Crippen LogP contribution in [0.15, 0.2) is 24.3 Å². The van der Waals surface area contributed by atoms with Gasteiger partial charge < -0.3 is 14.3 Å². The highest BCUT2D eigenvalue weighted by Gasteiger charge is 2.49. The third-order valence-electron chi connectivity index (χ3n) is 10.2. The van der Waals surface area contributed by atoms with Gasteiger partial charge in [0.25, 0.3) is 0 Å². The van der Waals surface area contributed by atoms with E-state index in [1.807, 2.05) is 19.9 Å². The van der Waals surface area contributed by atoms with Crippen molar-refractivity contribution in [2.75, 3.05) is 13.2 Å². The van der Waals surface area contributed by atoms with Crippen molar-refractivity contribution in [1.29, 1.82) is 0 Å². The van der Waals surface area contributed by atoms with Gasteiger partial charge in [-0.2, -0.15) is 13.2 Å². The molecule has 0 radical (unpaired) electrons. The van der Waals surface area contributed by atoms with Gasteiger partial charge in [-0.05, 0) is 84.8 Å². The number of hydrogen-bond acceptors (Lipinski definition) is 4. The summed E-state index contributed by atoms with van der Waals surface area (Å²) in [4.78, 5) is 5.24. The molecule has 0 amide bonds. The van der Waals surface area contributed by atoms with Crippen molar-refractivity contribution in [3.63, 3.8) is 0 Å². The van der Waals surface area contributed by atoms with Gasteiger partial charge >= 0.3 is 6.18 Å². The van der Waals surface area contributed by atoms with Crippen molar-refractivity contribution in [2.45, 2.75) is 116 Å². The molecule has 2 atom stereocenters. The van der Waals surface area contributed by atoms with Crippen molar-refractivity contribution in [2.24, 2.45) is 5.41 Å². The molecule has 1 aromatic carbocycles. The van der Waals surface area contributed by atoms with Gasteiger partial charge in [0.05, 0.1) is 24.9 Å². The molecule has 1 spiro atoms. The van der Waals surface area contributed by atoms with E-state index in [4.69, 9.17) is 14.1 Å². The summed E-state index contributed by atoms with van der Waals surface area (Å²) in [6, 6.07) is 2.36. The second kappa shape index (κ2) is 11.4. The molecule has 1 N–H and O–H groups in total. The normalized spacial score (nSPS) is 21.4. The van der Waals surface area contributed by atoms with Crippen LogP contribution in [0.3, 0.4) is 0 Å². The topological polar surface area (TPSA) is 51.6 Å². The van der Waals surface area contributed by atoms with Gasteiger partial charge in [0.1, 0.15) is 11.9 Å². The van der Waals surface area contributed by atoms with Gasteiger partial charge in [0, 0.05) is 28.1 Å². The summed E-state index contributed by atoms with van der Waals surface area (Å²) in [7, 11) is -2.26. The lowest BCUT2D eigenvalue weighted by molar-refractivity contribution is -0.137. The monoisotopic (exact) mass is 619 g/mol. The smallest absolute Gasteiger partial charge is 0.410 e. The number of alkyl halides is 3. The number of halogens is 4. The average molecular weight is 620 g/mol. The average Bonchev–Trinajstić information content (AvgIpc) is 2.89. The first-order chi connectivity index (χ1) is 19.9. The first kappa shape index (κ1) is 32.3. The molecule has 2 aromatic rings. The number of benzene rings is 1. The molecule has 2 heterocycles. The molecule has 1 fully saturated rings. The van der Waals surface area contributed by atoms with E-state index in [0.717, 1.165) is 60.2 Å². The molecule has 1 unspecified atom stereocenters. The van der Waals surface area contributed by atoms with Crippen molar-refractivity contribution in [3.8, 4) is 0 Å². The first-order valence-corrected chi connectivity index (χ1v) is 18.4. The molecule has 1 aromatic heterocycles. The maximum Gasteiger partial charge on any atom is 0.416 e. The van der Waals surface area contributed by atoms with Crippen LogP contribution in [0.25, 0.3) is 5.57 Å². The Hall–Kier alpha value is -2.07. The van der Waals surface area contributed by atoms with Crippen molar-refractivity contribution in [3.05, 3.63) is 69.3 Å². The molecule has 2 aliphatic carbocycles. The summed E-state index contributed by atoms with van der Waals surface area (Å²) in [5, 5.41) is 11.9. The second-order valence-corrected chi connectivity index (χ2v) is 19.3. The van der Waals surface area contributed by atoms with Crippen LogP contribution in [0.2, 0.25) is 18.1 Å². The summed E-state index contributed by atoms with van der Waals surface area (Å²) in [6.07, 6.45) is 1.26. The number of pyridine rings is 1. The number of rotatable bonds is 6. The van der Waals surface area contributed by atoms with E-state index in [0.29, 0.717) is 37.0 Å². The lowest BCUT2D eigenvalue weighted by atomic mass is 9.59. The fourth-order valence-corrected chi connectivity index (χ4v) is 7.94. The van der Waals surface area contributed by atoms with E-state index >= 15 is 4.39 Å². The SMILES string of the molecule is CC(C)c1nc2c(c(C3=CCOCC3)c1[C@H](O)c1ccc(C(F)(F)F)cc1F)C(O[Si](C)(C)C(C)(C)C)CC1(CCC1)C2. The minimum Gasteiger partial charge on any atom is -0.410 e. The lowest BCUT2D eigenvalue weighted by Crippen LogP contribution is -2.46. The molecular formula is C34H45F4NO3Si. The number of hydrogen-bond donors (Lipinski definition) is 1. The highest BCUT2D eigenvalue weighted by atomic mass is 28.4. The van der Waals surface area contributed by atoms with Crippen molar-refractivity contribution < 1.29 is 31.8 Å². The van der Waals surface area contributed by atoms with Gasteiger partial charge in [-0.1, -0.05) is 53.2 Å². The summed E-state index contributed by atoms with van der Waals surface area (Å²) < 4.78 is 68.4. The molecule has 236 valence electrons. The maximum atomic E-state index is 15.4. The predicted molar refractivity (Wildman–Crippen MR) is 163 cm³/mol. The molecular weight excluding hydrogens is 574 g/mol. The van der Waals surface area contributed by atoms with Crippen LogP contribution in [0, 0.1) is 11.2 Å². The van der Waals surface area contributed by atoms with E-state index in [1.165, 1.54) is 6.42 Å². The van der Waals surface area contributed by atoms with Gasteiger partial charge in [-0.3, -0.25) is 4.98 Å². The Kier molecular flexibility index (Phi) is 8.55. The summed E-state index contributed by atoms with van der Waals surface area (Å²) in [6.45, 7) is 16.0. The number of ether oxygens (including phenoxy) is 1. The third kappa shape index (κ3) is 6.11. The molecule has 1 aliphatic heterocycles. The van der Waals surface area contributed by atoms with Crippen LogP contribution in [0.1, 0.15) is 124 Å². The van der Waals surface area contributed by atoms with E-state index < -0.39 is 32.0 Å². The Morgan fingerprint density at radius 2 is 1.84 bits per heavy atom. The van der Waals surface area contributed by atoms with Crippen LogP contribution >= 0.6 is 0 Å². The molecule has 1 saturated carbocycles. The van der Waals surface area contributed by atoms with Crippen LogP contribution in [0.4, 0.5) is 17.6 Å². The standard InChI is InChI=1S/C34H45F4NO3Si/c1-20(2)30-29(31(40)23-10-9-22(17-24(23)35)34(36,37)38)27(21-11-15-41-16-12-21)28-25(39-30)18-33(13-8-14-33)19-26(28)42-43(6,7)32(3,4)5/h9-11,17,20,26,31,40H,8,12-16,18-19H2,1-7H3/t26?,31-/m1/s1. The molecule has 5 rings (SSSR count). The zero-order valence-electron chi connectivity index (χ0n) is 26.4. The first-order valence-electron chi connectivity index (χ1n) is 15.5. The quantitative estimate of drug-likeness (QED) is 0.259. The van der Waals surface area contributed by atoms with Crippen LogP contribution in [0.5, 0.6) is 0 Å². The Balaban J connectivity index is 1.78. The summed E-state index contributed by atoms with van der Waals surface area (Å²) >= 11 is 0. The van der Waals surface area contributed by atoms with Gasteiger partial charge in [-0.15, -0.1) is 0 Å². The van der Waals surface area contributed by atoms with Crippen LogP contribution in [-0.2, 0) is 21.8 Å². The fourth-order valence-electron chi connectivity index (χ4n) is 6.68.